The number of nitrogens with two attached hydrogens (primary N) is 1. The van der Waals surface area contributed by atoms with Gasteiger partial charge in [-0.1, -0.05) is 36.4 Å². The van der Waals surface area contributed by atoms with Crippen LogP contribution in [0.1, 0.15) is 28.9 Å². The average molecular weight is 570 g/mol. The fourth-order valence-corrected chi connectivity index (χ4v) is 3.90. The average Bonchev–Trinajstić information content (AvgIpc) is 2.97. The Morgan fingerprint density at radius 3 is 2.26 bits per heavy atom. The smallest absolute Gasteiger partial charge is 0.412 e. The molecule has 0 unspecified atom stereocenters. The molecule has 0 radical (unpaired) electrons. The number of phenolic OH excluding ortho intramolecular Hbond substituents is 1. The second kappa shape index (κ2) is 13.6. The Bertz CT molecular complexity index is 1590. The van der Waals surface area contributed by atoms with E-state index in [1.165, 1.54) is 37.3 Å². The number of hydrogen-bond acceptors (Lipinski definition) is 7. The molecule has 9 nitrogen and oxygen atoms in total. The summed E-state index contributed by atoms with van der Waals surface area (Å²) in [6, 6.07) is 24.9. The lowest BCUT2D eigenvalue weighted by atomic mass is 10.0. The van der Waals surface area contributed by atoms with Gasteiger partial charge in [-0.15, -0.1) is 0 Å². The lowest BCUT2D eigenvalue weighted by Gasteiger charge is -2.26. The maximum atomic E-state index is 14.4. The monoisotopic (exact) mass is 569 g/mol. The largest absolute Gasteiger partial charge is 0.505 e. The van der Waals surface area contributed by atoms with Gasteiger partial charge in [0.15, 0.2) is 29.6 Å². The zero-order chi connectivity index (χ0) is 30.1. The predicted molar refractivity (Wildman–Crippen MR) is 157 cm³/mol. The van der Waals surface area contributed by atoms with Gasteiger partial charge < -0.3 is 25.6 Å². The van der Waals surface area contributed by atoms with E-state index in [9.17, 15) is 23.9 Å². The number of halogens is 1. The molecule has 0 bridgehead atoms. The van der Waals surface area contributed by atoms with E-state index in [2.05, 4.69) is 10.6 Å². The molecule has 0 aliphatic carbocycles. The van der Waals surface area contributed by atoms with Crippen molar-refractivity contribution in [2.24, 2.45) is 0 Å². The van der Waals surface area contributed by atoms with Gasteiger partial charge in [0.05, 0.1) is 11.4 Å². The molecule has 2 amide bonds. The number of carbonyl (C=O) groups is 3. The molecule has 4 aromatic rings. The second-order valence-electron chi connectivity index (χ2n) is 9.13. The molecule has 0 spiro atoms. The van der Waals surface area contributed by atoms with Gasteiger partial charge in [0.25, 0.3) is 0 Å². The van der Waals surface area contributed by atoms with Crippen LogP contribution >= 0.6 is 0 Å². The number of rotatable bonds is 10. The molecule has 0 fully saturated rings. The van der Waals surface area contributed by atoms with Gasteiger partial charge in [-0.3, -0.25) is 14.9 Å². The zero-order valence-corrected chi connectivity index (χ0v) is 22.5. The van der Waals surface area contributed by atoms with Gasteiger partial charge in [0, 0.05) is 17.3 Å². The molecule has 42 heavy (non-hydrogen) atoms. The van der Waals surface area contributed by atoms with Crippen molar-refractivity contribution in [2.75, 3.05) is 16.4 Å². The topological polar surface area (TPSA) is 140 Å². The van der Waals surface area contributed by atoms with E-state index in [1.54, 1.807) is 66.7 Å². The van der Waals surface area contributed by atoms with Crippen LogP contribution in [0.15, 0.2) is 109 Å². The summed E-state index contributed by atoms with van der Waals surface area (Å²) < 4.78 is 26.3. The van der Waals surface area contributed by atoms with E-state index in [-0.39, 0.29) is 11.3 Å². The van der Waals surface area contributed by atoms with E-state index < -0.39 is 35.8 Å². The number of anilines is 3. The van der Waals surface area contributed by atoms with Crippen LogP contribution in [0.5, 0.6) is 11.5 Å². The number of Topliss-reactive ketones (excluding diaryl/α,β-unsaturated/α-hetero) is 1. The van der Waals surface area contributed by atoms with Crippen molar-refractivity contribution in [3.05, 3.63) is 126 Å². The van der Waals surface area contributed by atoms with Crippen LogP contribution in [0.2, 0.25) is 0 Å². The van der Waals surface area contributed by atoms with Gasteiger partial charge >= 0.3 is 6.09 Å². The van der Waals surface area contributed by atoms with E-state index in [0.717, 1.165) is 12.1 Å². The maximum absolute atomic E-state index is 14.4. The number of hydrogen-bond donors (Lipinski definition) is 4. The van der Waals surface area contributed by atoms with Gasteiger partial charge in [0.1, 0.15) is 5.75 Å². The molecule has 4 aromatic carbocycles. The summed E-state index contributed by atoms with van der Waals surface area (Å²) in [6.07, 6.45) is -0.790. The van der Waals surface area contributed by atoms with Gasteiger partial charge in [0.2, 0.25) is 5.91 Å². The van der Waals surface area contributed by atoms with E-state index in [4.69, 9.17) is 15.2 Å². The standard InChI is InChI=1S/C32H28FN3O6/c1-20(37)21-11-14-23(15-12-21)35-32(40)42-31(22-13-16-28(38)25(33)19-22)29(41-24-7-3-2-4-8-24)17-18-30(39)36-27-10-6-5-9-26(27)34/h2-19,29,31,38H,34H2,1H3,(H,35,40)(H,36,39)/b18-17+/t29-,31-/m1/s1. The number of ether oxygens (including phenoxy) is 2. The van der Waals surface area contributed by atoms with E-state index in [1.807, 2.05) is 0 Å². The number of para-hydroxylation sites is 3. The number of phenols is 1. The number of nitrogens with one attached hydrogen (secondary N) is 2. The van der Waals surface area contributed by atoms with Crippen LogP contribution < -0.4 is 21.1 Å². The Labute approximate surface area is 241 Å². The Kier molecular flexibility index (Phi) is 9.52. The minimum Gasteiger partial charge on any atom is -0.505 e. The minimum absolute atomic E-state index is 0.134. The molecule has 0 aliphatic rings. The van der Waals surface area contributed by atoms with Gasteiger partial charge in [-0.2, -0.15) is 0 Å². The van der Waals surface area contributed by atoms with Crippen molar-refractivity contribution >= 4 is 34.8 Å². The third kappa shape index (κ3) is 7.95. The summed E-state index contributed by atoms with van der Waals surface area (Å²) in [6.45, 7) is 1.42. The van der Waals surface area contributed by atoms with E-state index in [0.29, 0.717) is 28.4 Å². The first-order chi connectivity index (χ1) is 20.2. The van der Waals surface area contributed by atoms with Crippen molar-refractivity contribution in [2.45, 2.75) is 19.1 Å². The van der Waals surface area contributed by atoms with Crippen molar-refractivity contribution < 1.29 is 33.4 Å². The molecule has 214 valence electrons. The minimum atomic E-state index is -1.29. The highest BCUT2D eigenvalue weighted by Crippen LogP contribution is 2.30. The van der Waals surface area contributed by atoms with Gasteiger partial charge in [-0.05, 0) is 79.2 Å². The second-order valence-corrected chi connectivity index (χ2v) is 9.13. The summed E-state index contributed by atoms with van der Waals surface area (Å²) in [5, 5.41) is 15.0. The summed E-state index contributed by atoms with van der Waals surface area (Å²) in [4.78, 5) is 37.4. The third-order valence-electron chi connectivity index (χ3n) is 6.04. The highest BCUT2D eigenvalue weighted by molar-refractivity contribution is 6.01. The van der Waals surface area contributed by atoms with Gasteiger partial charge in [-0.25, -0.2) is 9.18 Å². The first-order valence-corrected chi connectivity index (χ1v) is 12.8. The number of carbonyl (C=O) groups excluding carboxylic acids is 3. The fourth-order valence-electron chi connectivity index (χ4n) is 3.90. The lowest BCUT2D eigenvalue weighted by molar-refractivity contribution is -0.112. The van der Waals surface area contributed by atoms with Crippen LogP contribution in [-0.4, -0.2) is 29.0 Å². The summed E-state index contributed by atoms with van der Waals surface area (Å²) in [5.74, 6) is -1.83. The molecular formula is C32H28FN3O6. The Morgan fingerprint density at radius 2 is 1.60 bits per heavy atom. The van der Waals surface area contributed by atoms with Crippen molar-refractivity contribution in [3.63, 3.8) is 0 Å². The number of nitrogen functional groups attached to an aromatic ring is 1. The van der Waals surface area contributed by atoms with Crippen LogP contribution in [0.4, 0.5) is 26.2 Å². The first-order valence-electron chi connectivity index (χ1n) is 12.8. The molecule has 0 aromatic heterocycles. The summed E-state index contributed by atoms with van der Waals surface area (Å²) in [5.41, 5.74) is 7.63. The fraction of sp³-hybridized carbons (Fsp3) is 0.0938. The normalized spacial score (nSPS) is 12.2. The Hall–Kier alpha value is -5.64. The third-order valence-corrected chi connectivity index (χ3v) is 6.04. The molecule has 4 rings (SSSR count). The maximum Gasteiger partial charge on any atom is 0.412 e. The molecule has 10 heteroatoms. The Balaban J connectivity index is 1.64. The van der Waals surface area contributed by atoms with Crippen LogP contribution in [0, 0.1) is 5.82 Å². The highest BCUT2D eigenvalue weighted by atomic mass is 19.1. The molecule has 0 heterocycles. The Morgan fingerprint density at radius 1 is 0.905 bits per heavy atom. The van der Waals surface area contributed by atoms with E-state index >= 15 is 0 Å². The predicted octanol–water partition coefficient (Wildman–Crippen LogP) is 6.25. The lowest BCUT2D eigenvalue weighted by Crippen LogP contribution is -2.30. The number of aromatic hydroxyl groups is 1. The quantitative estimate of drug-likeness (QED) is 0.101. The van der Waals surface area contributed by atoms with Crippen LogP contribution in [0.3, 0.4) is 0 Å². The molecule has 0 aliphatic heterocycles. The van der Waals surface area contributed by atoms with Crippen molar-refractivity contribution in [3.8, 4) is 11.5 Å². The zero-order valence-electron chi connectivity index (χ0n) is 22.5. The molecule has 0 saturated carbocycles. The summed E-state index contributed by atoms with van der Waals surface area (Å²) in [7, 11) is 0. The molecular weight excluding hydrogens is 541 g/mol. The molecule has 2 atom stereocenters. The molecule has 5 N–H and O–H groups in total. The van der Waals surface area contributed by atoms with Crippen LogP contribution in [0.25, 0.3) is 0 Å². The number of amides is 2. The van der Waals surface area contributed by atoms with Crippen molar-refractivity contribution in [1.29, 1.82) is 0 Å². The van der Waals surface area contributed by atoms with Crippen molar-refractivity contribution in [1.82, 2.24) is 0 Å². The number of ketones is 1. The number of benzene rings is 4. The van der Waals surface area contributed by atoms with Crippen LogP contribution in [-0.2, 0) is 9.53 Å². The summed E-state index contributed by atoms with van der Waals surface area (Å²) >= 11 is 0. The first kappa shape index (κ1) is 29.3. The molecule has 0 saturated heterocycles. The highest BCUT2D eigenvalue weighted by Gasteiger charge is 2.29. The SMILES string of the molecule is CC(=O)c1ccc(NC(=O)O[C@H](c2ccc(O)c(F)c2)[C@@H](/C=C/C(=O)Nc2ccccc2N)Oc2ccccc2)cc1.